The molecule has 14 heteroatoms. The van der Waals surface area contributed by atoms with Crippen LogP contribution in [0.1, 0.15) is 50.4 Å². The third kappa shape index (κ3) is 9.60. The van der Waals surface area contributed by atoms with Gasteiger partial charge in [0.15, 0.2) is 0 Å². The zero-order valence-electron chi connectivity index (χ0n) is 25.2. The number of fused-ring (bicyclic) bond motifs is 1. The van der Waals surface area contributed by atoms with Crippen molar-refractivity contribution in [2.75, 3.05) is 44.3 Å². The monoisotopic (exact) mass is 643 g/mol. The van der Waals surface area contributed by atoms with Crippen molar-refractivity contribution in [2.24, 2.45) is 5.92 Å². The van der Waals surface area contributed by atoms with Crippen LogP contribution in [-0.4, -0.2) is 94.9 Å². The smallest absolute Gasteiger partial charge is 0.261 e. The number of carbonyl (C=O) groups is 1. The molecule has 3 rings (SSSR count). The van der Waals surface area contributed by atoms with Gasteiger partial charge in [-0.25, -0.2) is 25.5 Å². The average molecular weight is 644 g/mol. The van der Waals surface area contributed by atoms with E-state index in [1.807, 2.05) is 13.8 Å². The highest BCUT2D eigenvalue weighted by atomic mass is 32.2. The van der Waals surface area contributed by atoms with Crippen molar-refractivity contribution in [1.29, 1.82) is 0 Å². The number of anilines is 1. The molecular weight excluding hydrogens is 601 g/mol. The molecule has 240 valence electrons. The number of amides is 1. The van der Waals surface area contributed by atoms with Crippen molar-refractivity contribution < 1.29 is 40.6 Å². The van der Waals surface area contributed by atoms with Crippen molar-refractivity contribution >= 4 is 31.6 Å². The van der Waals surface area contributed by atoms with Crippen LogP contribution < -0.4 is 9.46 Å². The molecule has 1 aliphatic heterocycles. The van der Waals surface area contributed by atoms with Crippen LogP contribution in [0, 0.1) is 11.7 Å². The maximum absolute atomic E-state index is 14.1. The van der Waals surface area contributed by atoms with Crippen LogP contribution in [0.5, 0.6) is 5.75 Å². The molecule has 0 aliphatic carbocycles. The number of rotatable bonds is 8. The highest BCUT2D eigenvalue weighted by Crippen LogP contribution is 2.29. The number of halogens is 1. The molecule has 2 aromatic carbocycles. The van der Waals surface area contributed by atoms with Crippen molar-refractivity contribution in [1.82, 2.24) is 9.21 Å². The Morgan fingerprint density at radius 2 is 1.79 bits per heavy atom. The van der Waals surface area contributed by atoms with E-state index in [9.17, 15) is 31.1 Å². The van der Waals surface area contributed by atoms with E-state index in [4.69, 9.17) is 9.47 Å². The summed E-state index contributed by atoms with van der Waals surface area (Å²) in [5, 5.41) is 10.1. The number of aliphatic hydroxyl groups excluding tert-OH is 1. The van der Waals surface area contributed by atoms with E-state index >= 15 is 0 Å². The van der Waals surface area contributed by atoms with E-state index in [0.29, 0.717) is 19.4 Å². The number of sulfonamides is 2. The van der Waals surface area contributed by atoms with Gasteiger partial charge in [0.05, 0.1) is 41.6 Å². The van der Waals surface area contributed by atoms with Gasteiger partial charge in [0.1, 0.15) is 11.6 Å². The zero-order valence-corrected chi connectivity index (χ0v) is 26.8. The zero-order chi connectivity index (χ0) is 31.9. The number of nitrogens with zero attached hydrogens (tertiary/aromatic N) is 2. The largest absolute Gasteiger partial charge is 0.490 e. The third-order valence-electron chi connectivity index (χ3n) is 7.43. The number of nitrogens with one attached hydrogen (secondary N) is 1. The summed E-state index contributed by atoms with van der Waals surface area (Å²) >= 11 is 0. The molecule has 0 radical (unpaired) electrons. The molecule has 43 heavy (non-hydrogen) atoms. The maximum atomic E-state index is 14.1. The van der Waals surface area contributed by atoms with Gasteiger partial charge in [0.25, 0.3) is 15.9 Å². The molecule has 0 bridgehead atoms. The normalized spacial score (nSPS) is 21.9. The molecule has 0 aromatic heterocycles. The van der Waals surface area contributed by atoms with Crippen LogP contribution in [0.2, 0.25) is 0 Å². The second kappa shape index (κ2) is 14.8. The lowest BCUT2D eigenvalue weighted by Gasteiger charge is -2.35. The Hall–Kier alpha value is -2.78. The summed E-state index contributed by atoms with van der Waals surface area (Å²) in [6.07, 6.45) is 2.42. The minimum absolute atomic E-state index is 0.0843. The van der Waals surface area contributed by atoms with Gasteiger partial charge in [0.2, 0.25) is 10.0 Å². The summed E-state index contributed by atoms with van der Waals surface area (Å²) < 4.78 is 79.6. The Bertz CT molecular complexity index is 1450. The van der Waals surface area contributed by atoms with E-state index in [0.717, 1.165) is 36.9 Å². The lowest BCUT2D eigenvalue weighted by molar-refractivity contribution is -0.00828. The van der Waals surface area contributed by atoms with Crippen molar-refractivity contribution in [3.8, 4) is 5.75 Å². The van der Waals surface area contributed by atoms with Gasteiger partial charge < -0.3 is 19.5 Å². The van der Waals surface area contributed by atoms with Gasteiger partial charge in [-0.1, -0.05) is 6.92 Å². The van der Waals surface area contributed by atoms with Crippen LogP contribution >= 0.6 is 0 Å². The SMILES string of the molecule is C[C@@H]1CCCCO[C@@H](CN(C)S(C)(=O)=O)[C@H](C)CN([C@@H](C)CO)C(=O)c2cc(NS(=O)(=O)c3ccc(F)cc3)ccc2O1. The number of aliphatic hydroxyl groups is 1. The summed E-state index contributed by atoms with van der Waals surface area (Å²) in [4.78, 5) is 15.4. The standard InChI is InChI=1S/C29H42FN3O8S2/c1-20-17-33(21(2)19-34)29(35)26-16-24(31-43(38,39)25-12-9-23(30)10-13-25)11-14-27(26)41-22(3)8-6-7-15-40-28(20)18-32(4)42(5,36)37/h9-14,16,20-22,28,31,34H,6-8,15,17-19H2,1-5H3/t20-,21+,22-,28+/m1/s1. The second-order valence-electron chi connectivity index (χ2n) is 11.1. The fourth-order valence-corrected chi connectivity index (χ4v) is 6.13. The van der Waals surface area contributed by atoms with Gasteiger partial charge in [-0.05, 0) is 75.6 Å². The van der Waals surface area contributed by atoms with Gasteiger partial charge in [0, 0.05) is 38.3 Å². The number of hydrogen-bond donors (Lipinski definition) is 2. The Kier molecular flexibility index (Phi) is 11.9. The molecule has 0 unspecified atom stereocenters. The van der Waals surface area contributed by atoms with Crippen LogP contribution in [-0.2, 0) is 24.8 Å². The molecule has 0 spiro atoms. The molecule has 11 nitrogen and oxygen atoms in total. The molecule has 2 N–H and O–H groups in total. The Morgan fingerprint density at radius 1 is 1.12 bits per heavy atom. The summed E-state index contributed by atoms with van der Waals surface area (Å²) in [7, 11) is -6.11. The van der Waals surface area contributed by atoms with Crippen molar-refractivity contribution in [2.45, 2.75) is 63.2 Å². The van der Waals surface area contributed by atoms with Gasteiger partial charge in [-0.3, -0.25) is 9.52 Å². The van der Waals surface area contributed by atoms with E-state index in [1.165, 1.54) is 34.5 Å². The van der Waals surface area contributed by atoms with E-state index < -0.39 is 43.9 Å². The summed E-state index contributed by atoms with van der Waals surface area (Å²) in [6.45, 7) is 5.64. The highest BCUT2D eigenvalue weighted by Gasteiger charge is 2.31. The molecule has 0 fully saturated rings. The number of hydrogen-bond acceptors (Lipinski definition) is 8. The van der Waals surface area contributed by atoms with Crippen LogP contribution in [0.3, 0.4) is 0 Å². The Labute approximate surface area is 254 Å². The fourth-order valence-electron chi connectivity index (χ4n) is 4.67. The summed E-state index contributed by atoms with van der Waals surface area (Å²) in [5.74, 6) is -1.17. The van der Waals surface area contributed by atoms with Crippen molar-refractivity contribution in [3.05, 3.63) is 53.8 Å². The van der Waals surface area contributed by atoms with Gasteiger partial charge >= 0.3 is 0 Å². The second-order valence-corrected chi connectivity index (χ2v) is 14.9. The first kappa shape index (κ1) is 34.7. The van der Waals surface area contributed by atoms with E-state index in [2.05, 4.69) is 4.72 Å². The van der Waals surface area contributed by atoms with Crippen LogP contribution in [0.4, 0.5) is 10.1 Å². The molecular formula is C29H42FN3O8S2. The van der Waals surface area contributed by atoms with Gasteiger partial charge in [-0.2, -0.15) is 0 Å². The molecule has 1 amide bonds. The van der Waals surface area contributed by atoms with Crippen LogP contribution in [0.25, 0.3) is 0 Å². The molecule has 0 saturated carbocycles. The lowest BCUT2D eigenvalue weighted by Crippen LogP contribution is -2.47. The summed E-state index contributed by atoms with van der Waals surface area (Å²) in [5.41, 5.74) is 0.177. The molecule has 4 atom stereocenters. The Morgan fingerprint density at radius 3 is 2.42 bits per heavy atom. The minimum Gasteiger partial charge on any atom is -0.490 e. The van der Waals surface area contributed by atoms with Crippen LogP contribution in [0.15, 0.2) is 47.4 Å². The number of benzene rings is 2. The summed E-state index contributed by atoms with van der Waals surface area (Å²) in [6, 6.07) is 8.10. The van der Waals surface area contributed by atoms with Crippen molar-refractivity contribution in [3.63, 3.8) is 0 Å². The molecule has 1 heterocycles. The molecule has 1 aliphatic rings. The van der Waals surface area contributed by atoms with E-state index in [1.54, 1.807) is 6.92 Å². The van der Waals surface area contributed by atoms with E-state index in [-0.39, 0.29) is 53.6 Å². The minimum atomic E-state index is -4.10. The first-order valence-corrected chi connectivity index (χ1v) is 17.5. The number of carbonyl (C=O) groups excluding carboxylic acids is 1. The first-order chi connectivity index (χ1) is 20.1. The highest BCUT2D eigenvalue weighted by molar-refractivity contribution is 7.92. The lowest BCUT2D eigenvalue weighted by atomic mass is 10.0. The molecule has 2 aromatic rings. The average Bonchev–Trinajstić information content (AvgIpc) is 2.94. The topological polar surface area (TPSA) is 143 Å². The predicted molar refractivity (Wildman–Crippen MR) is 162 cm³/mol. The predicted octanol–water partition coefficient (Wildman–Crippen LogP) is 3.31. The number of likely N-dealkylation sites (N-methyl/N-ethyl adjacent to an activating group) is 1. The number of ether oxygens (including phenoxy) is 2. The quantitative estimate of drug-likeness (QED) is 0.446. The molecule has 0 saturated heterocycles. The fraction of sp³-hybridized carbons (Fsp3) is 0.552. The van der Waals surface area contributed by atoms with Gasteiger partial charge in [-0.15, -0.1) is 0 Å². The maximum Gasteiger partial charge on any atom is 0.261 e. The Balaban J connectivity index is 2.02. The third-order valence-corrected chi connectivity index (χ3v) is 10.1. The first-order valence-electron chi connectivity index (χ1n) is 14.2.